The summed E-state index contributed by atoms with van der Waals surface area (Å²) in [6.07, 6.45) is 79.0. The quantitative estimate of drug-likeness (QED) is 0.0346. The van der Waals surface area contributed by atoms with Gasteiger partial charge >= 0.3 is 11.9 Å². The van der Waals surface area contributed by atoms with E-state index in [1.165, 1.54) is 44.9 Å². The van der Waals surface area contributed by atoms with Crippen LogP contribution in [0.3, 0.4) is 0 Å². The van der Waals surface area contributed by atoms with E-state index in [0.29, 0.717) is 19.4 Å². The molecule has 0 aliphatic rings. The molecule has 1 unspecified atom stereocenters. The predicted octanol–water partition coefficient (Wildman–Crippen LogP) is 18.3. The molecule has 0 heterocycles. The van der Waals surface area contributed by atoms with Gasteiger partial charge in [0.25, 0.3) is 0 Å². The molecule has 0 spiro atoms. The molecule has 0 aromatic rings. The first-order valence-electron chi connectivity index (χ1n) is 26.7. The first-order chi connectivity index (χ1) is 32.6. The topological polar surface area (TPSA) is 61.8 Å². The van der Waals surface area contributed by atoms with Crippen molar-refractivity contribution in [3.63, 3.8) is 0 Å². The van der Waals surface area contributed by atoms with Crippen LogP contribution in [0.1, 0.15) is 213 Å². The third-order valence-corrected chi connectivity index (χ3v) is 10.7. The highest BCUT2D eigenvalue weighted by Crippen LogP contribution is 2.13. The zero-order valence-corrected chi connectivity index (χ0v) is 42.7. The number of rotatable bonds is 47. The molecule has 0 radical (unpaired) electrons. The van der Waals surface area contributed by atoms with Gasteiger partial charge in [-0.25, -0.2) is 0 Å². The van der Waals surface area contributed by atoms with E-state index >= 15 is 0 Å². The number of ether oxygens (including phenoxy) is 3. The summed E-state index contributed by atoms with van der Waals surface area (Å²) in [4.78, 5) is 25.5. The second-order valence-electron chi connectivity index (χ2n) is 17.0. The standard InChI is InChI=1S/C61H98O5/c1-4-7-10-13-16-19-22-25-28-30-31-33-34-36-39-42-45-48-51-54-60(62)65-58-59(57-64-56-53-50-47-44-41-38-27-24-21-18-15-12-9-6-3)66-61(63)55-52-49-46-43-40-37-35-32-29-26-23-20-17-14-11-8-5-2/h7-12,16-21,25-29,31,33,38,44,47,59H,4-6,13-15,22-24,30,32,34-37,39-43,45-46,48-58H2,1-3H3/b10-7-,11-8-,12-9-,19-16-,20-17-,21-18-,28-25-,29-26-,33-31-,38-27-,47-44-. The molecule has 5 heteroatoms. The molecule has 0 rings (SSSR count). The lowest BCUT2D eigenvalue weighted by Gasteiger charge is -2.18. The molecule has 372 valence electrons. The minimum absolute atomic E-state index is 0.0429. The van der Waals surface area contributed by atoms with Crippen LogP contribution in [-0.4, -0.2) is 37.9 Å². The second-order valence-corrected chi connectivity index (χ2v) is 17.0. The number of carbonyl (C=O) groups is 2. The molecule has 5 nitrogen and oxygen atoms in total. The van der Waals surface area contributed by atoms with Gasteiger partial charge in [-0.15, -0.1) is 0 Å². The fourth-order valence-corrected chi connectivity index (χ4v) is 6.81. The molecular formula is C61H98O5. The van der Waals surface area contributed by atoms with Crippen LogP contribution in [0.15, 0.2) is 134 Å². The van der Waals surface area contributed by atoms with Crippen molar-refractivity contribution in [2.45, 2.75) is 219 Å². The summed E-state index contributed by atoms with van der Waals surface area (Å²) in [6, 6.07) is 0. The maximum Gasteiger partial charge on any atom is 0.306 e. The van der Waals surface area contributed by atoms with Gasteiger partial charge in [0.2, 0.25) is 0 Å². The Kier molecular flexibility index (Phi) is 52.0. The third kappa shape index (κ3) is 52.7. The van der Waals surface area contributed by atoms with E-state index in [2.05, 4.69) is 154 Å². The number of allylic oxidation sites excluding steroid dienone is 22. The van der Waals surface area contributed by atoms with Crippen LogP contribution >= 0.6 is 0 Å². The van der Waals surface area contributed by atoms with E-state index in [1.807, 2.05) is 0 Å². The third-order valence-electron chi connectivity index (χ3n) is 10.7. The van der Waals surface area contributed by atoms with Crippen LogP contribution < -0.4 is 0 Å². The van der Waals surface area contributed by atoms with Crippen molar-refractivity contribution in [3.05, 3.63) is 134 Å². The summed E-state index contributed by atoms with van der Waals surface area (Å²) in [5.41, 5.74) is 0. The minimum Gasteiger partial charge on any atom is -0.462 e. The lowest BCUT2D eigenvalue weighted by molar-refractivity contribution is -0.163. The SMILES string of the molecule is CC/C=C\C/C=C\C/C=C\C/C=C\CCCCCCCCC(=O)OCC(COCCC/C=C\C/C=C\C/C=C\C/C=C\CC)OC(=O)CCCCCCCCC/C=C\C/C=C\C/C=C\CC. The summed E-state index contributed by atoms with van der Waals surface area (Å²) < 4.78 is 17.3. The molecule has 0 aliphatic carbocycles. The van der Waals surface area contributed by atoms with E-state index in [0.717, 1.165) is 135 Å². The molecular weight excluding hydrogens is 813 g/mol. The van der Waals surface area contributed by atoms with Crippen LogP contribution in [0.25, 0.3) is 0 Å². The largest absolute Gasteiger partial charge is 0.462 e. The number of hydrogen-bond acceptors (Lipinski definition) is 5. The van der Waals surface area contributed by atoms with Crippen molar-refractivity contribution in [1.29, 1.82) is 0 Å². The Labute approximate surface area is 407 Å². The second kappa shape index (κ2) is 55.4. The smallest absolute Gasteiger partial charge is 0.306 e. The Morgan fingerprint density at radius 2 is 0.636 bits per heavy atom. The molecule has 0 aromatic carbocycles. The van der Waals surface area contributed by atoms with Gasteiger partial charge in [-0.1, -0.05) is 212 Å². The maximum atomic E-state index is 12.8. The van der Waals surface area contributed by atoms with E-state index in [9.17, 15) is 9.59 Å². The van der Waals surface area contributed by atoms with E-state index in [4.69, 9.17) is 14.2 Å². The fraction of sp³-hybridized carbons (Fsp3) is 0.607. The van der Waals surface area contributed by atoms with Crippen molar-refractivity contribution >= 4 is 11.9 Å². The van der Waals surface area contributed by atoms with Crippen LogP contribution in [0.4, 0.5) is 0 Å². The predicted molar refractivity (Wildman–Crippen MR) is 288 cm³/mol. The summed E-state index contributed by atoms with van der Waals surface area (Å²) in [7, 11) is 0. The molecule has 0 N–H and O–H groups in total. The van der Waals surface area contributed by atoms with E-state index in [-0.39, 0.29) is 25.2 Å². The zero-order valence-electron chi connectivity index (χ0n) is 42.7. The summed E-state index contributed by atoms with van der Waals surface area (Å²) >= 11 is 0. The van der Waals surface area contributed by atoms with Gasteiger partial charge in [0.05, 0.1) is 6.61 Å². The summed E-state index contributed by atoms with van der Waals surface area (Å²) in [6.45, 7) is 7.31. The molecule has 0 aromatic heterocycles. The van der Waals surface area contributed by atoms with Crippen LogP contribution in [0.5, 0.6) is 0 Å². The molecule has 0 saturated heterocycles. The van der Waals surface area contributed by atoms with Crippen LogP contribution in [0.2, 0.25) is 0 Å². The van der Waals surface area contributed by atoms with Crippen LogP contribution in [0, 0.1) is 0 Å². The van der Waals surface area contributed by atoms with Gasteiger partial charge in [-0.3, -0.25) is 9.59 Å². The van der Waals surface area contributed by atoms with Crippen molar-refractivity contribution in [2.24, 2.45) is 0 Å². The molecule has 1 atom stereocenters. The lowest BCUT2D eigenvalue weighted by atomic mass is 10.1. The highest BCUT2D eigenvalue weighted by Gasteiger charge is 2.17. The lowest BCUT2D eigenvalue weighted by Crippen LogP contribution is -2.30. The average Bonchev–Trinajstić information content (AvgIpc) is 3.32. The summed E-state index contributed by atoms with van der Waals surface area (Å²) in [5.74, 6) is -0.463. The number of unbranched alkanes of at least 4 members (excludes halogenated alkanes) is 14. The first-order valence-corrected chi connectivity index (χ1v) is 26.7. The zero-order chi connectivity index (χ0) is 47.7. The van der Waals surface area contributed by atoms with Gasteiger partial charge in [0.1, 0.15) is 6.61 Å². The van der Waals surface area contributed by atoms with Crippen molar-refractivity contribution in [3.8, 4) is 0 Å². The molecule has 0 amide bonds. The number of esters is 2. The Bertz CT molecular complexity index is 1400. The average molecular weight is 911 g/mol. The van der Waals surface area contributed by atoms with Gasteiger partial charge in [-0.05, 0) is 122 Å². The van der Waals surface area contributed by atoms with Crippen molar-refractivity contribution in [2.75, 3.05) is 19.8 Å². The Morgan fingerprint density at radius 3 is 1.02 bits per heavy atom. The minimum atomic E-state index is -0.586. The molecule has 0 fully saturated rings. The number of hydrogen-bond donors (Lipinski definition) is 0. The van der Waals surface area contributed by atoms with Crippen molar-refractivity contribution in [1.82, 2.24) is 0 Å². The van der Waals surface area contributed by atoms with Gasteiger partial charge in [0, 0.05) is 19.4 Å². The van der Waals surface area contributed by atoms with Gasteiger partial charge in [-0.2, -0.15) is 0 Å². The Morgan fingerprint density at radius 1 is 0.333 bits per heavy atom. The molecule has 0 aliphatic heterocycles. The molecule has 0 bridgehead atoms. The van der Waals surface area contributed by atoms with Gasteiger partial charge in [0.15, 0.2) is 6.10 Å². The van der Waals surface area contributed by atoms with E-state index < -0.39 is 6.10 Å². The van der Waals surface area contributed by atoms with Crippen molar-refractivity contribution < 1.29 is 23.8 Å². The summed E-state index contributed by atoms with van der Waals surface area (Å²) in [5, 5.41) is 0. The molecule has 66 heavy (non-hydrogen) atoms. The number of carbonyl (C=O) groups excluding carboxylic acids is 2. The van der Waals surface area contributed by atoms with E-state index in [1.54, 1.807) is 0 Å². The monoisotopic (exact) mass is 911 g/mol. The van der Waals surface area contributed by atoms with Gasteiger partial charge < -0.3 is 14.2 Å². The normalized spacial score (nSPS) is 13.3. The molecule has 0 saturated carbocycles. The maximum absolute atomic E-state index is 12.8. The highest BCUT2D eigenvalue weighted by atomic mass is 16.6. The Balaban J connectivity index is 4.40. The fourth-order valence-electron chi connectivity index (χ4n) is 6.81. The Hall–Kier alpha value is -3.96. The highest BCUT2D eigenvalue weighted by molar-refractivity contribution is 5.70. The van der Waals surface area contributed by atoms with Crippen LogP contribution in [-0.2, 0) is 23.8 Å². The first kappa shape index (κ1) is 62.0.